The third-order valence-corrected chi connectivity index (χ3v) is 4.16. The Bertz CT molecular complexity index is 576. The predicted octanol–water partition coefficient (Wildman–Crippen LogP) is 1.43. The van der Waals surface area contributed by atoms with Crippen molar-refractivity contribution in [3.63, 3.8) is 0 Å². The molecule has 0 bridgehead atoms. The molecule has 1 aliphatic heterocycles. The van der Waals surface area contributed by atoms with E-state index in [1.165, 1.54) is 10.9 Å². The van der Waals surface area contributed by atoms with Crippen LogP contribution in [0.15, 0.2) is 36.5 Å². The van der Waals surface area contributed by atoms with Crippen LogP contribution in [0.5, 0.6) is 0 Å². The van der Waals surface area contributed by atoms with Crippen LogP contribution in [-0.4, -0.2) is 53.8 Å². The molecule has 0 spiro atoms. The van der Waals surface area contributed by atoms with Crippen molar-refractivity contribution in [2.75, 3.05) is 32.7 Å². The highest BCUT2D eigenvalue weighted by atomic mass is 16.3. The van der Waals surface area contributed by atoms with Crippen molar-refractivity contribution in [1.29, 1.82) is 0 Å². The largest absolute Gasteiger partial charge is 0.392 e. The summed E-state index contributed by atoms with van der Waals surface area (Å²) in [6.07, 6.45) is 3.27. The van der Waals surface area contributed by atoms with Crippen LogP contribution >= 0.6 is 0 Å². The molecule has 1 fully saturated rings. The number of aliphatic hydroxyl groups is 1. The van der Waals surface area contributed by atoms with Crippen molar-refractivity contribution < 1.29 is 5.11 Å². The molecule has 1 aromatic heterocycles. The number of pyridine rings is 1. The van der Waals surface area contributed by atoms with Crippen LogP contribution in [0.25, 0.3) is 10.9 Å². The van der Waals surface area contributed by atoms with Crippen LogP contribution in [-0.2, 0) is 6.42 Å². The van der Waals surface area contributed by atoms with E-state index in [2.05, 4.69) is 27.3 Å². The molecule has 1 atom stereocenters. The minimum atomic E-state index is -0.255. The molecule has 2 N–H and O–H groups in total. The van der Waals surface area contributed by atoms with Gasteiger partial charge in [-0.1, -0.05) is 18.2 Å². The summed E-state index contributed by atoms with van der Waals surface area (Å²) < 4.78 is 0. The van der Waals surface area contributed by atoms with Crippen molar-refractivity contribution in [2.45, 2.75) is 18.9 Å². The number of fused-ring (bicyclic) bond motifs is 1. The summed E-state index contributed by atoms with van der Waals surface area (Å²) in [5, 5.41) is 14.8. The molecule has 0 radical (unpaired) electrons. The fourth-order valence-electron chi connectivity index (χ4n) is 2.99. The van der Waals surface area contributed by atoms with E-state index in [9.17, 15) is 5.11 Å². The molecule has 3 rings (SSSR count). The first kappa shape index (κ1) is 14.4. The number of aromatic nitrogens is 1. The van der Waals surface area contributed by atoms with Gasteiger partial charge in [-0.3, -0.25) is 9.88 Å². The van der Waals surface area contributed by atoms with Gasteiger partial charge in [-0.2, -0.15) is 0 Å². The van der Waals surface area contributed by atoms with Gasteiger partial charge >= 0.3 is 0 Å². The van der Waals surface area contributed by atoms with Gasteiger partial charge in [0, 0.05) is 44.3 Å². The highest BCUT2D eigenvalue weighted by Gasteiger charge is 2.14. The van der Waals surface area contributed by atoms with Crippen molar-refractivity contribution in [2.24, 2.45) is 0 Å². The van der Waals surface area contributed by atoms with Crippen LogP contribution in [0.4, 0.5) is 0 Å². The Morgan fingerprint density at radius 1 is 1.19 bits per heavy atom. The average molecular weight is 285 g/mol. The average Bonchev–Trinajstić information content (AvgIpc) is 2.54. The lowest BCUT2D eigenvalue weighted by Crippen LogP contribution is -2.46. The third kappa shape index (κ3) is 3.79. The van der Waals surface area contributed by atoms with E-state index in [0.717, 1.165) is 51.1 Å². The summed E-state index contributed by atoms with van der Waals surface area (Å²) in [5.41, 5.74) is 2.31. The zero-order valence-electron chi connectivity index (χ0n) is 12.3. The summed E-state index contributed by atoms with van der Waals surface area (Å²) in [4.78, 5) is 6.72. The molecule has 1 aromatic carbocycles. The minimum Gasteiger partial charge on any atom is -0.392 e. The number of aliphatic hydroxyl groups excluding tert-OH is 1. The molecular formula is C17H23N3O. The maximum atomic E-state index is 10.3. The van der Waals surface area contributed by atoms with E-state index in [4.69, 9.17) is 0 Å². The molecule has 4 nitrogen and oxygen atoms in total. The van der Waals surface area contributed by atoms with Gasteiger partial charge in [0.05, 0.1) is 11.6 Å². The first-order valence-electron chi connectivity index (χ1n) is 7.77. The summed E-state index contributed by atoms with van der Waals surface area (Å²) in [6.45, 7) is 4.92. The lowest BCUT2D eigenvalue weighted by molar-refractivity contribution is 0.0988. The first-order chi connectivity index (χ1) is 10.3. The van der Waals surface area contributed by atoms with Crippen LogP contribution < -0.4 is 5.32 Å². The topological polar surface area (TPSA) is 48.4 Å². The molecule has 112 valence electrons. The lowest BCUT2D eigenvalue weighted by atomic mass is 10.0. The van der Waals surface area contributed by atoms with Gasteiger partial charge in [0.15, 0.2) is 0 Å². The van der Waals surface area contributed by atoms with Crippen molar-refractivity contribution >= 4 is 10.9 Å². The molecule has 0 aliphatic carbocycles. The maximum Gasteiger partial charge on any atom is 0.0704 e. The second-order valence-electron chi connectivity index (χ2n) is 5.73. The van der Waals surface area contributed by atoms with Crippen molar-refractivity contribution in [3.05, 3.63) is 42.1 Å². The Balaban J connectivity index is 1.58. The standard InChI is InChI=1S/C17H23N3O/c21-15(13-20-11-9-18-10-12-20)7-6-14-3-1-5-17-16(14)4-2-8-19-17/h1-5,8,15,18,21H,6-7,9-13H2. The highest BCUT2D eigenvalue weighted by molar-refractivity contribution is 5.81. The minimum absolute atomic E-state index is 0.255. The quantitative estimate of drug-likeness (QED) is 0.872. The number of rotatable bonds is 5. The molecule has 2 aromatic rings. The first-order valence-corrected chi connectivity index (χ1v) is 7.77. The monoisotopic (exact) mass is 285 g/mol. The summed E-state index contributed by atoms with van der Waals surface area (Å²) in [6, 6.07) is 10.3. The molecule has 0 amide bonds. The van der Waals surface area contributed by atoms with Crippen LogP contribution in [0.2, 0.25) is 0 Å². The number of hydrogen-bond donors (Lipinski definition) is 2. The number of nitrogens with zero attached hydrogens (tertiary/aromatic N) is 2. The Morgan fingerprint density at radius 2 is 2.05 bits per heavy atom. The number of benzene rings is 1. The van der Waals surface area contributed by atoms with Gasteiger partial charge < -0.3 is 10.4 Å². The zero-order chi connectivity index (χ0) is 14.5. The second kappa shape index (κ2) is 6.98. The van der Waals surface area contributed by atoms with E-state index >= 15 is 0 Å². The molecule has 21 heavy (non-hydrogen) atoms. The summed E-state index contributed by atoms with van der Waals surface area (Å²) in [5.74, 6) is 0. The Labute approximate surface area is 125 Å². The van der Waals surface area contributed by atoms with Gasteiger partial charge in [0.1, 0.15) is 0 Å². The van der Waals surface area contributed by atoms with Gasteiger partial charge in [-0.15, -0.1) is 0 Å². The van der Waals surface area contributed by atoms with Gasteiger partial charge in [-0.25, -0.2) is 0 Å². The van der Waals surface area contributed by atoms with Crippen molar-refractivity contribution in [3.8, 4) is 0 Å². The fourth-order valence-corrected chi connectivity index (χ4v) is 2.99. The van der Waals surface area contributed by atoms with E-state index in [0.29, 0.717) is 0 Å². The van der Waals surface area contributed by atoms with Crippen LogP contribution in [0.1, 0.15) is 12.0 Å². The van der Waals surface area contributed by atoms with Gasteiger partial charge in [0.2, 0.25) is 0 Å². The Hall–Kier alpha value is -1.49. The lowest BCUT2D eigenvalue weighted by Gasteiger charge is -2.29. The highest BCUT2D eigenvalue weighted by Crippen LogP contribution is 2.18. The van der Waals surface area contributed by atoms with E-state index in [1.54, 1.807) is 0 Å². The Kier molecular flexibility index (Phi) is 4.80. The second-order valence-corrected chi connectivity index (χ2v) is 5.73. The molecule has 1 aliphatic rings. The van der Waals surface area contributed by atoms with Gasteiger partial charge in [0.25, 0.3) is 0 Å². The third-order valence-electron chi connectivity index (χ3n) is 4.16. The van der Waals surface area contributed by atoms with Crippen LogP contribution in [0.3, 0.4) is 0 Å². The molecular weight excluding hydrogens is 262 g/mol. The molecule has 2 heterocycles. The molecule has 0 saturated carbocycles. The molecule has 1 unspecified atom stereocenters. The number of aryl methyl sites for hydroxylation is 1. The zero-order valence-corrected chi connectivity index (χ0v) is 12.3. The van der Waals surface area contributed by atoms with Crippen molar-refractivity contribution in [1.82, 2.24) is 15.2 Å². The van der Waals surface area contributed by atoms with E-state index in [-0.39, 0.29) is 6.10 Å². The number of nitrogens with one attached hydrogen (secondary N) is 1. The number of hydrogen-bond acceptors (Lipinski definition) is 4. The SMILES string of the molecule is OC(CCc1cccc2ncccc12)CN1CCNCC1. The summed E-state index contributed by atoms with van der Waals surface area (Å²) >= 11 is 0. The van der Waals surface area contributed by atoms with E-state index in [1.807, 2.05) is 24.4 Å². The smallest absolute Gasteiger partial charge is 0.0704 e. The molecule has 1 saturated heterocycles. The predicted molar refractivity (Wildman–Crippen MR) is 85.4 cm³/mol. The van der Waals surface area contributed by atoms with E-state index < -0.39 is 0 Å². The summed E-state index contributed by atoms with van der Waals surface area (Å²) in [7, 11) is 0. The fraction of sp³-hybridized carbons (Fsp3) is 0.471. The number of piperazine rings is 1. The van der Waals surface area contributed by atoms with Gasteiger partial charge in [-0.05, 0) is 30.5 Å². The molecule has 4 heteroatoms. The number of β-amino-alcohol motifs (C(OH)–C–C–N with tert-alkyl or cyclic N) is 1. The normalized spacial score (nSPS) is 18.0. The maximum absolute atomic E-state index is 10.3. The Morgan fingerprint density at radius 3 is 2.90 bits per heavy atom. The van der Waals surface area contributed by atoms with Crippen LogP contribution in [0, 0.1) is 0 Å².